The van der Waals surface area contributed by atoms with Crippen molar-refractivity contribution in [3.05, 3.63) is 74.9 Å². The molecule has 2 heterocycles. The van der Waals surface area contributed by atoms with E-state index < -0.39 is 10.9 Å². The largest absolute Gasteiger partial charge is 0.478 e. The molecule has 2 N–H and O–H groups in total. The van der Waals surface area contributed by atoms with Gasteiger partial charge in [0.25, 0.3) is 5.91 Å². The normalized spacial score (nSPS) is 17.0. The summed E-state index contributed by atoms with van der Waals surface area (Å²) in [4.78, 5) is 37.4. The lowest BCUT2D eigenvalue weighted by molar-refractivity contribution is -0.402. The molecule has 0 aliphatic carbocycles. The van der Waals surface area contributed by atoms with Crippen molar-refractivity contribution in [3.8, 4) is 0 Å². The van der Waals surface area contributed by atoms with E-state index in [-0.39, 0.29) is 23.1 Å². The van der Waals surface area contributed by atoms with Crippen LogP contribution in [0.5, 0.6) is 0 Å². The second-order valence-corrected chi connectivity index (χ2v) is 6.18. The minimum Gasteiger partial charge on any atom is -0.478 e. The number of nitrogens with one attached hydrogen (secondary N) is 1. The highest BCUT2D eigenvalue weighted by Crippen LogP contribution is 2.26. The summed E-state index contributed by atoms with van der Waals surface area (Å²) >= 11 is 1.09. The van der Waals surface area contributed by atoms with Crippen LogP contribution in [0.3, 0.4) is 0 Å². The molecule has 1 aliphatic rings. The Labute approximate surface area is 156 Å². The van der Waals surface area contributed by atoms with Crippen molar-refractivity contribution >= 4 is 46.5 Å². The molecular formula is C17H11N3O6S. The van der Waals surface area contributed by atoms with Gasteiger partial charge in [0, 0.05) is 0 Å². The number of amidine groups is 1. The van der Waals surface area contributed by atoms with E-state index in [1.165, 1.54) is 42.5 Å². The first-order chi connectivity index (χ1) is 12.9. The highest BCUT2D eigenvalue weighted by Gasteiger charge is 2.23. The van der Waals surface area contributed by atoms with Gasteiger partial charge < -0.3 is 14.8 Å². The number of hydrogen-bond donors (Lipinski definition) is 2. The quantitative estimate of drug-likeness (QED) is 0.458. The number of thioether (sulfide) groups is 1. The Morgan fingerprint density at radius 3 is 2.85 bits per heavy atom. The van der Waals surface area contributed by atoms with Gasteiger partial charge >= 0.3 is 11.9 Å². The molecule has 0 radical (unpaired) electrons. The smallest absolute Gasteiger partial charge is 0.433 e. The summed E-state index contributed by atoms with van der Waals surface area (Å²) in [5, 5.41) is 22.4. The fraction of sp³-hybridized carbons (Fsp3) is 0. The number of carboxylic acid groups (broad SMARTS) is 1. The summed E-state index contributed by atoms with van der Waals surface area (Å²) in [6.07, 6.45) is 4.53. The average molecular weight is 385 g/mol. The third-order valence-corrected chi connectivity index (χ3v) is 4.20. The molecule has 1 saturated heterocycles. The first-order valence-corrected chi connectivity index (χ1v) is 8.28. The van der Waals surface area contributed by atoms with Crippen molar-refractivity contribution in [2.45, 2.75) is 0 Å². The number of carbonyl (C=O) groups excluding carboxylic acids is 1. The van der Waals surface area contributed by atoms with Gasteiger partial charge in [-0.25, -0.2) is 9.79 Å². The van der Waals surface area contributed by atoms with Crippen LogP contribution < -0.4 is 5.32 Å². The number of nitro groups is 1. The van der Waals surface area contributed by atoms with E-state index in [1.54, 1.807) is 12.1 Å². The maximum Gasteiger partial charge on any atom is 0.433 e. The topological polar surface area (TPSA) is 135 Å². The van der Waals surface area contributed by atoms with Crippen molar-refractivity contribution in [2.24, 2.45) is 4.99 Å². The van der Waals surface area contributed by atoms with Crippen molar-refractivity contribution in [1.82, 2.24) is 5.32 Å². The fourth-order valence-corrected chi connectivity index (χ4v) is 2.87. The van der Waals surface area contributed by atoms with E-state index in [1.807, 2.05) is 0 Å². The number of hydrogen-bond acceptors (Lipinski definition) is 7. The van der Waals surface area contributed by atoms with Crippen LogP contribution in [0.1, 0.15) is 16.1 Å². The lowest BCUT2D eigenvalue weighted by Crippen LogP contribution is -2.19. The molecule has 136 valence electrons. The molecular weight excluding hydrogens is 374 g/mol. The van der Waals surface area contributed by atoms with E-state index in [0.717, 1.165) is 11.8 Å². The van der Waals surface area contributed by atoms with E-state index in [9.17, 15) is 19.7 Å². The number of carbonyl (C=O) groups is 2. The molecule has 0 spiro atoms. The maximum absolute atomic E-state index is 12.0. The van der Waals surface area contributed by atoms with Crippen LogP contribution in [-0.4, -0.2) is 27.1 Å². The zero-order chi connectivity index (χ0) is 19.4. The Morgan fingerprint density at radius 2 is 2.15 bits per heavy atom. The highest BCUT2D eigenvalue weighted by molar-refractivity contribution is 8.18. The van der Waals surface area contributed by atoms with Crippen LogP contribution in [0.25, 0.3) is 6.08 Å². The Kier molecular flexibility index (Phi) is 5.18. The summed E-state index contributed by atoms with van der Waals surface area (Å²) in [5.74, 6) is -1.51. The molecule has 1 fully saturated rings. The molecule has 1 aromatic heterocycles. The van der Waals surface area contributed by atoms with Crippen LogP contribution in [0.4, 0.5) is 11.6 Å². The van der Waals surface area contributed by atoms with Gasteiger partial charge in [-0.3, -0.25) is 14.9 Å². The highest BCUT2D eigenvalue weighted by atomic mass is 32.2. The second-order valence-electron chi connectivity index (χ2n) is 5.15. The number of amides is 1. The molecule has 10 heteroatoms. The van der Waals surface area contributed by atoms with E-state index in [0.29, 0.717) is 15.8 Å². The SMILES string of the molecule is O=C1NC(=Nc2cccc(C(=O)O)c2)S/C1=C\C=C\c1ccc([N+](=O)[O-])o1. The fourth-order valence-electron chi connectivity index (χ4n) is 2.08. The summed E-state index contributed by atoms with van der Waals surface area (Å²) in [5.41, 5.74) is 0.495. The zero-order valence-corrected chi connectivity index (χ0v) is 14.3. The van der Waals surface area contributed by atoms with Gasteiger partial charge in [0.05, 0.1) is 22.2 Å². The number of furan rings is 1. The number of aromatic carboxylic acids is 1. The van der Waals surface area contributed by atoms with Crippen LogP contribution in [0.2, 0.25) is 0 Å². The van der Waals surface area contributed by atoms with Crippen LogP contribution >= 0.6 is 11.8 Å². The monoisotopic (exact) mass is 385 g/mol. The van der Waals surface area contributed by atoms with Gasteiger partial charge in [-0.05, 0) is 48.2 Å². The first-order valence-electron chi connectivity index (χ1n) is 7.46. The van der Waals surface area contributed by atoms with Gasteiger partial charge in [-0.15, -0.1) is 0 Å². The third kappa shape index (κ3) is 4.50. The standard InChI is InChI=1S/C17H11N3O6S/c21-15-13(6-2-5-12-7-8-14(26-12)20(24)25)27-17(19-15)18-11-4-1-3-10(9-11)16(22)23/h1-9H,(H,22,23)(H,18,19,21)/b5-2+,13-6-. The number of allylic oxidation sites excluding steroid dienone is 2. The summed E-state index contributed by atoms with van der Waals surface area (Å²) < 4.78 is 4.97. The molecule has 0 unspecified atom stereocenters. The first kappa shape index (κ1) is 18.1. The molecule has 1 aromatic carbocycles. The van der Waals surface area contributed by atoms with E-state index in [4.69, 9.17) is 9.52 Å². The van der Waals surface area contributed by atoms with Crippen molar-refractivity contribution in [1.29, 1.82) is 0 Å². The molecule has 27 heavy (non-hydrogen) atoms. The summed E-state index contributed by atoms with van der Waals surface area (Å²) in [7, 11) is 0. The second kappa shape index (κ2) is 7.70. The molecule has 9 nitrogen and oxygen atoms in total. The van der Waals surface area contributed by atoms with Gasteiger partial charge in [-0.2, -0.15) is 0 Å². The summed E-state index contributed by atoms with van der Waals surface area (Å²) in [6.45, 7) is 0. The third-order valence-electron chi connectivity index (χ3n) is 3.28. The van der Waals surface area contributed by atoms with Gasteiger partial charge in [0.1, 0.15) is 10.7 Å². The predicted molar refractivity (Wildman–Crippen MR) is 98.7 cm³/mol. The van der Waals surface area contributed by atoms with Crippen molar-refractivity contribution in [3.63, 3.8) is 0 Å². The molecule has 1 amide bonds. The number of rotatable bonds is 5. The lowest BCUT2D eigenvalue weighted by Gasteiger charge is -1.98. The molecule has 0 bridgehead atoms. The molecule has 0 saturated carbocycles. The molecule has 0 atom stereocenters. The number of nitrogens with zero attached hydrogens (tertiary/aromatic N) is 2. The Bertz CT molecular complexity index is 1020. The van der Waals surface area contributed by atoms with Crippen LogP contribution in [0, 0.1) is 10.1 Å². The molecule has 3 rings (SSSR count). The van der Waals surface area contributed by atoms with E-state index in [2.05, 4.69) is 10.3 Å². The summed E-state index contributed by atoms with van der Waals surface area (Å²) in [6, 6.07) is 8.70. The van der Waals surface area contributed by atoms with Crippen molar-refractivity contribution < 1.29 is 24.0 Å². The number of benzene rings is 1. The Hall–Kier alpha value is -3.66. The van der Waals surface area contributed by atoms with Crippen LogP contribution in [-0.2, 0) is 4.79 Å². The minimum absolute atomic E-state index is 0.0948. The maximum atomic E-state index is 12.0. The Morgan fingerprint density at radius 1 is 1.33 bits per heavy atom. The zero-order valence-electron chi connectivity index (χ0n) is 13.5. The lowest BCUT2D eigenvalue weighted by atomic mass is 10.2. The van der Waals surface area contributed by atoms with Crippen LogP contribution in [0.15, 0.2) is 62.9 Å². The number of aliphatic imine (C=N–C) groups is 1. The molecule has 2 aromatic rings. The number of carboxylic acids is 1. The minimum atomic E-state index is -1.07. The van der Waals surface area contributed by atoms with E-state index >= 15 is 0 Å². The molecule has 1 aliphatic heterocycles. The van der Waals surface area contributed by atoms with Gasteiger partial charge in [0.15, 0.2) is 5.17 Å². The van der Waals surface area contributed by atoms with Crippen molar-refractivity contribution in [2.75, 3.05) is 0 Å². The van der Waals surface area contributed by atoms with Gasteiger partial charge in [0.2, 0.25) is 0 Å². The predicted octanol–water partition coefficient (Wildman–Crippen LogP) is 3.33. The Balaban J connectivity index is 1.71. The average Bonchev–Trinajstić information content (AvgIpc) is 3.22. The van der Waals surface area contributed by atoms with Gasteiger partial charge in [-0.1, -0.05) is 12.1 Å².